The molecule has 1 aliphatic carbocycles. The number of amides is 1. The molecule has 0 radical (unpaired) electrons. The van der Waals surface area contributed by atoms with E-state index in [-0.39, 0.29) is 6.04 Å². The Balaban J connectivity index is 1.80. The van der Waals surface area contributed by atoms with Gasteiger partial charge in [0.05, 0.1) is 0 Å². The number of hydrogen-bond donors (Lipinski definition) is 1. The fraction of sp³-hybridized carbons (Fsp3) is 0.923. The van der Waals surface area contributed by atoms with Gasteiger partial charge in [-0.05, 0) is 31.1 Å². The molecule has 2 aliphatic rings. The van der Waals surface area contributed by atoms with Gasteiger partial charge in [-0.3, -0.25) is 4.79 Å². The van der Waals surface area contributed by atoms with E-state index >= 15 is 0 Å². The van der Waals surface area contributed by atoms with Crippen LogP contribution in [-0.4, -0.2) is 29.9 Å². The zero-order valence-electron chi connectivity index (χ0n) is 10.3. The lowest BCUT2D eigenvalue weighted by Gasteiger charge is -2.35. The quantitative estimate of drug-likeness (QED) is 0.777. The number of nitrogens with zero attached hydrogens (tertiary/aromatic N) is 1. The molecule has 0 spiro atoms. The molecule has 2 N–H and O–H groups in total. The van der Waals surface area contributed by atoms with E-state index in [0.29, 0.717) is 17.7 Å². The highest BCUT2D eigenvalue weighted by molar-refractivity contribution is 5.76. The number of carbonyl (C=O) groups is 1. The number of likely N-dealkylation sites (tertiary alicyclic amines) is 1. The summed E-state index contributed by atoms with van der Waals surface area (Å²) < 4.78 is 0. The average Bonchev–Trinajstić information content (AvgIpc) is 2.74. The van der Waals surface area contributed by atoms with Crippen LogP contribution in [0.15, 0.2) is 0 Å². The number of piperidine rings is 1. The van der Waals surface area contributed by atoms with Crippen molar-refractivity contribution in [1.29, 1.82) is 0 Å². The molecule has 2 fully saturated rings. The lowest BCUT2D eigenvalue weighted by molar-refractivity contribution is -0.133. The number of nitrogens with two attached hydrogens (primary N) is 1. The summed E-state index contributed by atoms with van der Waals surface area (Å²) in [5, 5.41) is 0. The monoisotopic (exact) mass is 224 g/mol. The van der Waals surface area contributed by atoms with E-state index in [0.717, 1.165) is 25.9 Å². The third-order valence-corrected chi connectivity index (χ3v) is 4.31. The molecule has 2 unspecified atom stereocenters. The highest BCUT2D eigenvalue weighted by atomic mass is 16.2. The molecule has 1 aliphatic heterocycles. The van der Waals surface area contributed by atoms with E-state index in [2.05, 4.69) is 6.92 Å². The zero-order chi connectivity index (χ0) is 11.5. The van der Waals surface area contributed by atoms with Crippen molar-refractivity contribution in [2.75, 3.05) is 13.1 Å². The first-order valence-electron chi connectivity index (χ1n) is 6.70. The SMILES string of the molecule is CC1CCN(C(=O)CC2CCCC2)CC1N. The van der Waals surface area contributed by atoms with Crippen LogP contribution in [-0.2, 0) is 4.79 Å². The molecule has 3 nitrogen and oxygen atoms in total. The Morgan fingerprint density at radius 1 is 1.31 bits per heavy atom. The van der Waals surface area contributed by atoms with Gasteiger partial charge in [0.15, 0.2) is 0 Å². The number of rotatable bonds is 2. The van der Waals surface area contributed by atoms with Gasteiger partial charge in [0.1, 0.15) is 0 Å². The second-order valence-electron chi connectivity index (χ2n) is 5.62. The second-order valence-corrected chi connectivity index (χ2v) is 5.62. The summed E-state index contributed by atoms with van der Waals surface area (Å²) in [6, 6.07) is 0.182. The number of carbonyl (C=O) groups excluding carboxylic acids is 1. The molecule has 0 bridgehead atoms. The minimum absolute atomic E-state index is 0.182. The van der Waals surface area contributed by atoms with Gasteiger partial charge in [-0.15, -0.1) is 0 Å². The Kier molecular flexibility index (Phi) is 3.85. The smallest absolute Gasteiger partial charge is 0.222 e. The van der Waals surface area contributed by atoms with E-state index in [1.165, 1.54) is 25.7 Å². The second kappa shape index (κ2) is 5.17. The summed E-state index contributed by atoms with van der Waals surface area (Å²) in [4.78, 5) is 14.1. The number of hydrogen-bond acceptors (Lipinski definition) is 2. The van der Waals surface area contributed by atoms with Crippen molar-refractivity contribution in [1.82, 2.24) is 4.90 Å². The summed E-state index contributed by atoms with van der Waals surface area (Å²) in [6.07, 6.45) is 6.96. The molecule has 92 valence electrons. The Hall–Kier alpha value is -0.570. The third-order valence-electron chi connectivity index (χ3n) is 4.31. The molecule has 1 saturated heterocycles. The molecule has 2 rings (SSSR count). The summed E-state index contributed by atoms with van der Waals surface area (Å²) in [7, 11) is 0. The molecular weight excluding hydrogens is 200 g/mol. The fourth-order valence-corrected chi connectivity index (χ4v) is 2.92. The highest BCUT2D eigenvalue weighted by Gasteiger charge is 2.28. The van der Waals surface area contributed by atoms with Crippen molar-refractivity contribution in [3.05, 3.63) is 0 Å². The van der Waals surface area contributed by atoms with Gasteiger partial charge in [0.25, 0.3) is 0 Å². The van der Waals surface area contributed by atoms with Crippen molar-refractivity contribution >= 4 is 5.91 Å². The Morgan fingerprint density at radius 3 is 2.62 bits per heavy atom. The van der Waals surface area contributed by atoms with Crippen LogP contribution in [0.1, 0.15) is 45.4 Å². The maximum Gasteiger partial charge on any atom is 0.222 e. The fourth-order valence-electron chi connectivity index (χ4n) is 2.92. The minimum atomic E-state index is 0.182. The van der Waals surface area contributed by atoms with Crippen LogP contribution in [0.2, 0.25) is 0 Å². The van der Waals surface area contributed by atoms with Gasteiger partial charge in [0.2, 0.25) is 5.91 Å². The molecular formula is C13H24N2O. The van der Waals surface area contributed by atoms with Crippen LogP contribution < -0.4 is 5.73 Å². The zero-order valence-corrected chi connectivity index (χ0v) is 10.3. The van der Waals surface area contributed by atoms with Crippen molar-refractivity contribution in [3.63, 3.8) is 0 Å². The molecule has 1 saturated carbocycles. The lowest BCUT2D eigenvalue weighted by atomic mass is 9.93. The Labute approximate surface area is 98.4 Å². The standard InChI is InChI=1S/C13H24N2O/c1-10-6-7-15(9-12(10)14)13(16)8-11-4-2-3-5-11/h10-12H,2-9,14H2,1H3. The van der Waals surface area contributed by atoms with Gasteiger partial charge in [-0.2, -0.15) is 0 Å². The summed E-state index contributed by atoms with van der Waals surface area (Å²) in [5.74, 6) is 1.56. The molecule has 2 atom stereocenters. The van der Waals surface area contributed by atoms with Crippen molar-refractivity contribution < 1.29 is 4.79 Å². The van der Waals surface area contributed by atoms with Crippen LogP contribution in [0.5, 0.6) is 0 Å². The first kappa shape index (κ1) is 11.9. The molecule has 1 heterocycles. The molecule has 0 aromatic rings. The summed E-state index contributed by atoms with van der Waals surface area (Å²) >= 11 is 0. The molecule has 0 aromatic carbocycles. The van der Waals surface area contributed by atoms with Gasteiger partial charge in [0, 0.05) is 25.6 Å². The van der Waals surface area contributed by atoms with E-state index in [9.17, 15) is 4.79 Å². The highest BCUT2D eigenvalue weighted by Crippen LogP contribution is 2.28. The predicted octanol–water partition coefficient (Wildman–Crippen LogP) is 1.76. The van der Waals surface area contributed by atoms with Crippen LogP contribution in [0.25, 0.3) is 0 Å². The lowest BCUT2D eigenvalue weighted by Crippen LogP contribution is -2.49. The van der Waals surface area contributed by atoms with Crippen LogP contribution >= 0.6 is 0 Å². The largest absolute Gasteiger partial charge is 0.341 e. The predicted molar refractivity (Wildman–Crippen MR) is 64.9 cm³/mol. The van der Waals surface area contributed by atoms with Gasteiger partial charge >= 0.3 is 0 Å². The van der Waals surface area contributed by atoms with E-state index in [1.54, 1.807) is 0 Å². The molecule has 0 aromatic heterocycles. The third kappa shape index (κ3) is 2.76. The van der Waals surface area contributed by atoms with Gasteiger partial charge in [-0.1, -0.05) is 19.8 Å². The van der Waals surface area contributed by atoms with E-state index in [1.807, 2.05) is 4.90 Å². The summed E-state index contributed by atoms with van der Waals surface area (Å²) in [6.45, 7) is 3.87. The van der Waals surface area contributed by atoms with E-state index in [4.69, 9.17) is 5.73 Å². The molecule has 1 amide bonds. The first-order valence-corrected chi connectivity index (χ1v) is 6.70. The molecule has 16 heavy (non-hydrogen) atoms. The van der Waals surface area contributed by atoms with Crippen LogP contribution in [0, 0.1) is 11.8 Å². The minimum Gasteiger partial charge on any atom is -0.341 e. The first-order chi connectivity index (χ1) is 7.66. The maximum atomic E-state index is 12.1. The van der Waals surface area contributed by atoms with Crippen LogP contribution in [0.4, 0.5) is 0 Å². The van der Waals surface area contributed by atoms with Crippen LogP contribution in [0.3, 0.4) is 0 Å². The Bertz CT molecular complexity index is 248. The van der Waals surface area contributed by atoms with Crippen molar-refractivity contribution in [2.24, 2.45) is 17.6 Å². The van der Waals surface area contributed by atoms with E-state index < -0.39 is 0 Å². The maximum absolute atomic E-state index is 12.1. The van der Waals surface area contributed by atoms with Crippen molar-refractivity contribution in [3.8, 4) is 0 Å². The normalized spacial score (nSPS) is 32.0. The Morgan fingerprint density at radius 2 is 2.00 bits per heavy atom. The molecule has 3 heteroatoms. The van der Waals surface area contributed by atoms with Gasteiger partial charge in [-0.25, -0.2) is 0 Å². The average molecular weight is 224 g/mol. The van der Waals surface area contributed by atoms with Crippen molar-refractivity contribution in [2.45, 2.75) is 51.5 Å². The summed E-state index contributed by atoms with van der Waals surface area (Å²) in [5.41, 5.74) is 6.02. The topological polar surface area (TPSA) is 46.3 Å². The van der Waals surface area contributed by atoms with Gasteiger partial charge < -0.3 is 10.6 Å².